The van der Waals surface area contributed by atoms with Gasteiger partial charge in [0, 0.05) is 43.8 Å². The Balaban J connectivity index is 0.000000157. The molecular weight excluding hydrogens is 348 g/mol. The van der Waals surface area contributed by atoms with Gasteiger partial charge in [0.15, 0.2) is 0 Å². The fourth-order valence-corrected chi connectivity index (χ4v) is 3.02. The van der Waals surface area contributed by atoms with Crippen molar-refractivity contribution in [2.75, 3.05) is 6.61 Å². The monoisotopic (exact) mass is 388 g/mol. The number of hydrogen-bond donors (Lipinski definition) is 1. The van der Waals surface area contributed by atoms with E-state index in [1.807, 2.05) is 24.1 Å². The minimum Gasteiger partial charge on any atom is -0.373 e. The zero-order chi connectivity index (χ0) is 20.7. The maximum absolute atomic E-state index is 5.37. The summed E-state index contributed by atoms with van der Waals surface area (Å²) in [4.78, 5) is 0. The molecule has 28 heavy (non-hydrogen) atoms. The SMILES string of the molecule is CC(C)NC1CC1.CC(C)c1cc2n(c1)CCOC2.CC(C)c1cnn(C)c1. The van der Waals surface area contributed by atoms with E-state index in [2.05, 4.69) is 68.8 Å². The topological polar surface area (TPSA) is 44.0 Å². The molecule has 0 saturated heterocycles. The molecule has 1 N–H and O–H groups in total. The lowest BCUT2D eigenvalue weighted by Gasteiger charge is -2.14. The van der Waals surface area contributed by atoms with E-state index >= 15 is 0 Å². The van der Waals surface area contributed by atoms with Crippen molar-refractivity contribution in [2.24, 2.45) is 7.05 Å². The van der Waals surface area contributed by atoms with Gasteiger partial charge in [-0.05, 0) is 41.9 Å². The van der Waals surface area contributed by atoms with Gasteiger partial charge in [-0.2, -0.15) is 5.10 Å². The standard InChI is InChI=1S/C10H15NO.C7H12N2.C6H13N/c1-8(2)9-5-10-7-12-4-3-11(10)6-9;1-6(2)7-4-8-9(3)5-7;1-5(2)7-6-3-4-6/h5-6,8H,3-4,7H2,1-2H3;4-6H,1-3H3;5-7H,3-4H2,1-2H3. The number of aryl methyl sites for hydroxylation is 1. The Morgan fingerprint density at radius 2 is 1.71 bits per heavy atom. The maximum Gasteiger partial charge on any atom is 0.0868 e. The summed E-state index contributed by atoms with van der Waals surface area (Å²) in [5.41, 5.74) is 4.05. The van der Waals surface area contributed by atoms with Gasteiger partial charge < -0.3 is 14.6 Å². The second-order valence-electron chi connectivity index (χ2n) is 8.86. The molecule has 4 rings (SSSR count). The van der Waals surface area contributed by atoms with Crippen LogP contribution in [0.1, 0.15) is 83.0 Å². The first kappa shape index (κ1) is 22.7. The second-order valence-corrected chi connectivity index (χ2v) is 8.86. The number of aromatic nitrogens is 3. The number of nitrogens with zero attached hydrogens (tertiary/aromatic N) is 3. The van der Waals surface area contributed by atoms with Crippen LogP contribution >= 0.6 is 0 Å². The Hall–Kier alpha value is -1.59. The lowest BCUT2D eigenvalue weighted by molar-refractivity contribution is 0.0850. The van der Waals surface area contributed by atoms with Crippen molar-refractivity contribution in [3.8, 4) is 0 Å². The number of rotatable bonds is 4. The quantitative estimate of drug-likeness (QED) is 0.816. The average molecular weight is 389 g/mol. The van der Waals surface area contributed by atoms with Crippen molar-refractivity contribution in [2.45, 2.75) is 91.5 Å². The molecule has 5 nitrogen and oxygen atoms in total. The Morgan fingerprint density at radius 3 is 2.11 bits per heavy atom. The predicted octanol–water partition coefficient (Wildman–Crippen LogP) is 4.83. The van der Waals surface area contributed by atoms with E-state index in [1.54, 1.807) is 0 Å². The second kappa shape index (κ2) is 10.8. The Labute approximate surface area is 171 Å². The van der Waals surface area contributed by atoms with E-state index in [4.69, 9.17) is 4.74 Å². The molecule has 0 aromatic carbocycles. The van der Waals surface area contributed by atoms with E-state index < -0.39 is 0 Å². The molecule has 5 heteroatoms. The van der Waals surface area contributed by atoms with E-state index in [-0.39, 0.29) is 0 Å². The molecule has 2 aliphatic rings. The van der Waals surface area contributed by atoms with Crippen LogP contribution in [0.5, 0.6) is 0 Å². The average Bonchev–Trinajstić information content (AvgIpc) is 3.16. The molecule has 0 spiro atoms. The molecule has 158 valence electrons. The lowest BCUT2D eigenvalue weighted by atomic mass is 10.1. The van der Waals surface area contributed by atoms with Crippen LogP contribution in [-0.2, 0) is 24.9 Å². The highest BCUT2D eigenvalue weighted by Crippen LogP contribution is 2.20. The van der Waals surface area contributed by atoms with E-state index in [1.165, 1.54) is 29.7 Å². The van der Waals surface area contributed by atoms with Crippen molar-refractivity contribution >= 4 is 0 Å². The minimum absolute atomic E-state index is 0.596. The van der Waals surface area contributed by atoms with Gasteiger partial charge in [0.25, 0.3) is 0 Å². The third-order valence-corrected chi connectivity index (χ3v) is 4.94. The summed E-state index contributed by atoms with van der Waals surface area (Å²) in [7, 11) is 1.94. The zero-order valence-electron chi connectivity index (χ0n) is 18.9. The first-order chi connectivity index (χ1) is 13.3. The van der Waals surface area contributed by atoms with Crippen LogP contribution in [0.25, 0.3) is 0 Å². The Morgan fingerprint density at radius 1 is 1.04 bits per heavy atom. The fourth-order valence-electron chi connectivity index (χ4n) is 3.02. The van der Waals surface area contributed by atoms with Crippen LogP contribution in [0.15, 0.2) is 24.7 Å². The Kier molecular flexibility index (Phi) is 8.77. The van der Waals surface area contributed by atoms with Crippen LogP contribution in [0.4, 0.5) is 0 Å². The summed E-state index contributed by atoms with van der Waals surface area (Å²) in [5, 5.41) is 7.47. The molecule has 0 atom stereocenters. The van der Waals surface area contributed by atoms with Crippen molar-refractivity contribution in [3.63, 3.8) is 0 Å². The van der Waals surface area contributed by atoms with Gasteiger partial charge in [0.2, 0.25) is 0 Å². The van der Waals surface area contributed by atoms with Crippen LogP contribution in [0, 0.1) is 0 Å². The molecule has 0 unspecified atom stereocenters. The summed E-state index contributed by atoms with van der Waals surface area (Å²) >= 11 is 0. The van der Waals surface area contributed by atoms with Gasteiger partial charge in [0.05, 0.1) is 19.4 Å². The van der Waals surface area contributed by atoms with Gasteiger partial charge >= 0.3 is 0 Å². The van der Waals surface area contributed by atoms with E-state index in [0.717, 1.165) is 25.8 Å². The molecule has 0 amide bonds. The normalized spacial score (nSPS) is 15.8. The first-order valence-corrected chi connectivity index (χ1v) is 10.8. The number of nitrogens with one attached hydrogen (secondary N) is 1. The highest BCUT2D eigenvalue weighted by atomic mass is 16.5. The summed E-state index contributed by atoms with van der Waals surface area (Å²) in [5.74, 6) is 1.22. The molecule has 3 heterocycles. The molecule has 1 aliphatic heterocycles. The lowest BCUT2D eigenvalue weighted by Crippen LogP contribution is -2.24. The van der Waals surface area contributed by atoms with Gasteiger partial charge in [-0.3, -0.25) is 4.68 Å². The van der Waals surface area contributed by atoms with Gasteiger partial charge in [-0.15, -0.1) is 0 Å². The van der Waals surface area contributed by atoms with E-state index in [0.29, 0.717) is 17.9 Å². The predicted molar refractivity (Wildman–Crippen MR) is 117 cm³/mol. The highest BCUT2D eigenvalue weighted by molar-refractivity contribution is 5.22. The van der Waals surface area contributed by atoms with Gasteiger partial charge in [0.1, 0.15) is 0 Å². The highest BCUT2D eigenvalue weighted by Gasteiger charge is 2.20. The smallest absolute Gasteiger partial charge is 0.0868 e. The molecule has 1 aliphatic carbocycles. The van der Waals surface area contributed by atoms with Crippen LogP contribution in [0.2, 0.25) is 0 Å². The number of fused-ring (bicyclic) bond motifs is 1. The third kappa shape index (κ3) is 7.80. The van der Waals surface area contributed by atoms with Crippen LogP contribution in [-0.4, -0.2) is 33.0 Å². The molecule has 0 bridgehead atoms. The van der Waals surface area contributed by atoms with Crippen LogP contribution < -0.4 is 5.32 Å². The first-order valence-electron chi connectivity index (χ1n) is 10.8. The van der Waals surface area contributed by atoms with Crippen molar-refractivity contribution < 1.29 is 4.74 Å². The maximum atomic E-state index is 5.37. The zero-order valence-corrected chi connectivity index (χ0v) is 18.9. The third-order valence-electron chi connectivity index (χ3n) is 4.94. The molecule has 2 aromatic rings. The minimum atomic E-state index is 0.596. The van der Waals surface area contributed by atoms with Crippen molar-refractivity contribution in [3.05, 3.63) is 41.5 Å². The van der Waals surface area contributed by atoms with Gasteiger partial charge in [-0.1, -0.05) is 41.5 Å². The Bertz CT molecular complexity index is 672. The van der Waals surface area contributed by atoms with Gasteiger partial charge in [-0.25, -0.2) is 0 Å². The largest absolute Gasteiger partial charge is 0.373 e. The summed E-state index contributed by atoms with van der Waals surface area (Å²) in [6, 6.07) is 3.82. The number of hydrogen-bond acceptors (Lipinski definition) is 3. The van der Waals surface area contributed by atoms with Crippen molar-refractivity contribution in [1.29, 1.82) is 0 Å². The molecule has 2 aromatic heterocycles. The molecule has 0 radical (unpaired) electrons. The molecule has 1 saturated carbocycles. The van der Waals surface area contributed by atoms with Crippen molar-refractivity contribution in [1.82, 2.24) is 19.7 Å². The molecule has 1 fully saturated rings. The summed E-state index contributed by atoms with van der Waals surface area (Å²) in [6.07, 6.45) is 9.01. The number of ether oxygens (including phenoxy) is 1. The molecular formula is C23H40N4O. The fraction of sp³-hybridized carbons (Fsp3) is 0.696. The summed E-state index contributed by atoms with van der Waals surface area (Å²) in [6.45, 7) is 15.8. The summed E-state index contributed by atoms with van der Waals surface area (Å²) < 4.78 is 9.50. The van der Waals surface area contributed by atoms with Crippen LogP contribution in [0.3, 0.4) is 0 Å². The van der Waals surface area contributed by atoms with E-state index in [9.17, 15) is 0 Å².